The van der Waals surface area contributed by atoms with E-state index in [0.717, 1.165) is 10.8 Å². The molecular formula is C13H12N2O2. The van der Waals surface area contributed by atoms with Crippen molar-refractivity contribution in [2.75, 3.05) is 14.2 Å². The number of aromatic nitrogens is 1. The zero-order valence-corrected chi connectivity index (χ0v) is 9.94. The Kier molecular flexibility index (Phi) is 2.84. The highest BCUT2D eigenvalue weighted by atomic mass is 16.5. The van der Waals surface area contributed by atoms with E-state index in [1.807, 2.05) is 13.0 Å². The summed E-state index contributed by atoms with van der Waals surface area (Å²) in [6.07, 6.45) is 1.73. The van der Waals surface area contributed by atoms with Crippen molar-refractivity contribution in [1.29, 1.82) is 5.26 Å². The molecular weight excluding hydrogens is 216 g/mol. The van der Waals surface area contributed by atoms with Crippen molar-refractivity contribution >= 4 is 10.8 Å². The lowest BCUT2D eigenvalue weighted by molar-refractivity contribution is 0.356. The number of methoxy groups -OCH3 is 2. The summed E-state index contributed by atoms with van der Waals surface area (Å²) >= 11 is 0. The number of benzene rings is 1. The van der Waals surface area contributed by atoms with Crippen LogP contribution in [0.1, 0.15) is 11.3 Å². The van der Waals surface area contributed by atoms with Gasteiger partial charge >= 0.3 is 0 Å². The van der Waals surface area contributed by atoms with Crippen LogP contribution in [0.5, 0.6) is 11.5 Å². The van der Waals surface area contributed by atoms with Gasteiger partial charge in [-0.2, -0.15) is 5.26 Å². The van der Waals surface area contributed by atoms with Gasteiger partial charge in [0.15, 0.2) is 11.5 Å². The van der Waals surface area contributed by atoms with Gasteiger partial charge in [0.25, 0.3) is 0 Å². The molecule has 1 heterocycles. The van der Waals surface area contributed by atoms with Crippen LogP contribution in [-0.2, 0) is 0 Å². The van der Waals surface area contributed by atoms with Crippen molar-refractivity contribution in [3.8, 4) is 17.6 Å². The van der Waals surface area contributed by atoms with E-state index in [-0.39, 0.29) is 0 Å². The van der Waals surface area contributed by atoms with Gasteiger partial charge in [-0.1, -0.05) is 0 Å². The summed E-state index contributed by atoms with van der Waals surface area (Å²) in [6.45, 7) is 1.81. The molecule has 4 nitrogen and oxygen atoms in total. The van der Waals surface area contributed by atoms with Crippen molar-refractivity contribution in [3.05, 3.63) is 29.6 Å². The Bertz CT molecular complexity index is 615. The van der Waals surface area contributed by atoms with Crippen LogP contribution in [0.3, 0.4) is 0 Å². The molecule has 0 amide bonds. The quantitative estimate of drug-likeness (QED) is 0.792. The van der Waals surface area contributed by atoms with Gasteiger partial charge in [0.1, 0.15) is 6.07 Å². The summed E-state index contributed by atoms with van der Waals surface area (Å²) in [5.74, 6) is 1.25. The van der Waals surface area contributed by atoms with E-state index in [1.54, 1.807) is 26.5 Å². The summed E-state index contributed by atoms with van der Waals surface area (Å²) in [5.41, 5.74) is 1.29. The summed E-state index contributed by atoms with van der Waals surface area (Å²) in [7, 11) is 3.15. The Morgan fingerprint density at radius 3 is 2.41 bits per heavy atom. The summed E-state index contributed by atoms with van der Waals surface area (Å²) < 4.78 is 10.4. The minimum atomic E-state index is 0.573. The highest BCUT2D eigenvalue weighted by Crippen LogP contribution is 2.33. The molecule has 0 saturated heterocycles. The smallest absolute Gasteiger partial charge is 0.161 e. The molecule has 2 aromatic rings. The summed E-state index contributed by atoms with van der Waals surface area (Å²) in [6, 6.07) is 5.80. The van der Waals surface area contributed by atoms with Gasteiger partial charge < -0.3 is 9.47 Å². The number of nitriles is 1. The number of hydrogen-bond donors (Lipinski definition) is 0. The first-order valence-corrected chi connectivity index (χ1v) is 5.12. The first-order chi connectivity index (χ1) is 8.21. The fourth-order valence-corrected chi connectivity index (χ4v) is 1.78. The second-order valence-electron chi connectivity index (χ2n) is 3.62. The second-order valence-corrected chi connectivity index (χ2v) is 3.62. The lowest BCUT2D eigenvalue weighted by Gasteiger charge is -2.10. The molecule has 1 aromatic carbocycles. The molecule has 4 heteroatoms. The number of hydrogen-bond acceptors (Lipinski definition) is 4. The van der Waals surface area contributed by atoms with Crippen molar-refractivity contribution in [3.63, 3.8) is 0 Å². The molecule has 1 aromatic heterocycles. The van der Waals surface area contributed by atoms with Crippen molar-refractivity contribution in [2.24, 2.45) is 0 Å². The normalized spacial score (nSPS) is 10.0. The Morgan fingerprint density at radius 2 is 1.82 bits per heavy atom. The highest BCUT2D eigenvalue weighted by molar-refractivity contribution is 5.90. The second kappa shape index (κ2) is 4.30. The molecule has 0 unspecified atom stereocenters. The molecule has 86 valence electrons. The summed E-state index contributed by atoms with van der Waals surface area (Å²) in [5, 5.41) is 10.8. The maximum atomic E-state index is 9.14. The van der Waals surface area contributed by atoms with Gasteiger partial charge in [-0.05, 0) is 19.1 Å². The Labute approximate surface area is 99.4 Å². The van der Waals surface area contributed by atoms with Crippen molar-refractivity contribution in [2.45, 2.75) is 6.92 Å². The third-order valence-corrected chi connectivity index (χ3v) is 2.70. The van der Waals surface area contributed by atoms with E-state index < -0.39 is 0 Å². The number of rotatable bonds is 2. The predicted octanol–water partition coefficient (Wildman–Crippen LogP) is 2.43. The van der Waals surface area contributed by atoms with Crippen molar-refractivity contribution in [1.82, 2.24) is 4.98 Å². The first-order valence-electron chi connectivity index (χ1n) is 5.12. The molecule has 0 radical (unpaired) electrons. The van der Waals surface area contributed by atoms with Gasteiger partial charge in [-0.15, -0.1) is 0 Å². The van der Waals surface area contributed by atoms with Gasteiger partial charge in [0.05, 0.1) is 25.5 Å². The Hall–Kier alpha value is -2.28. The SMILES string of the molecule is COc1cc2cnc(C)c(C#N)c2cc1OC. The molecule has 0 N–H and O–H groups in total. The zero-order chi connectivity index (χ0) is 12.4. The van der Waals surface area contributed by atoms with Crippen LogP contribution in [0.25, 0.3) is 10.8 Å². The lowest BCUT2D eigenvalue weighted by atomic mass is 10.1. The maximum absolute atomic E-state index is 9.14. The standard InChI is InChI=1S/C13H12N2O2/c1-8-11(6-14)10-5-13(17-3)12(16-2)4-9(10)7-15-8/h4-5,7H,1-3H3. The van der Waals surface area contributed by atoms with Crippen LogP contribution in [0.15, 0.2) is 18.3 Å². The minimum Gasteiger partial charge on any atom is -0.493 e. The predicted molar refractivity (Wildman–Crippen MR) is 64.3 cm³/mol. The highest BCUT2D eigenvalue weighted by Gasteiger charge is 2.11. The topological polar surface area (TPSA) is 55.1 Å². The molecule has 0 bridgehead atoms. The lowest BCUT2D eigenvalue weighted by Crippen LogP contribution is -1.94. The molecule has 0 spiro atoms. The number of nitrogens with zero attached hydrogens (tertiary/aromatic N) is 2. The average molecular weight is 228 g/mol. The van der Waals surface area contributed by atoms with Crippen LogP contribution in [0.2, 0.25) is 0 Å². The molecule has 0 fully saturated rings. The van der Waals surface area contributed by atoms with Crippen LogP contribution < -0.4 is 9.47 Å². The fourth-order valence-electron chi connectivity index (χ4n) is 1.78. The van der Waals surface area contributed by atoms with E-state index in [1.165, 1.54) is 0 Å². The molecule has 0 aliphatic rings. The zero-order valence-electron chi connectivity index (χ0n) is 9.94. The first kappa shape index (κ1) is 11.2. The third kappa shape index (κ3) is 1.76. The van der Waals surface area contributed by atoms with E-state index in [4.69, 9.17) is 14.7 Å². The summed E-state index contributed by atoms with van der Waals surface area (Å²) in [4.78, 5) is 4.19. The van der Waals surface area contributed by atoms with Crippen LogP contribution in [0, 0.1) is 18.3 Å². The van der Waals surface area contributed by atoms with Crippen molar-refractivity contribution < 1.29 is 9.47 Å². The van der Waals surface area contributed by atoms with Crippen LogP contribution in [0.4, 0.5) is 0 Å². The monoisotopic (exact) mass is 228 g/mol. The van der Waals surface area contributed by atoms with E-state index >= 15 is 0 Å². The Morgan fingerprint density at radius 1 is 1.18 bits per heavy atom. The Balaban J connectivity index is 2.84. The van der Waals surface area contributed by atoms with Gasteiger partial charge in [0.2, 0.25) is 0 Å². The largest absolute Gasteiger partial charge is 0.493 e. The number of ether oxygens (including phenoxy) is 2. The average Bonchev–Trinajstić information content (AvgIpc) is 2.37. The van der Waals surface area contributed by atoms with Gasteiger partial charge in [0, 0.05) is 17.0 Å². The van der Waals surface area contributed by atoms with E-state index in [0.29, 0.717) is 22.8 Å². The number of fused-ring (bicyclic) bond motifs is 1. The van der Waals surface area contributed by atoms with Gasteiger partial charge in [-0.25, -0.2) is 0 Å². The molecule has 0 aliphatic carbocycles. The number of pyridine rings is 1. The van der Waals surface area contributed by atoms with E-state index in [9.17, 15) is 0 Å². The molecule has 2 rings (SSSR count). The van der Waals surface area contributed by atoms with Crippen LogP contribution in [-0.4, -0.2) is 19.2 Å². The molecule has 0 atom stereocenters. The van der Waals surface area contributed by atoms with Crippen LogP contribution >= 0.6 is 0 Å². The van der Waals surface area contributed by atoms with E-state index in [2.05, 4.69) is 11.1 Å². The maximum Gasteiger partial charge on any atom is 0.161 e. The van der Waals surface area contributed by atoms with Gasteiger partial charge in [-0.3, -0.25) is 4.98 Å². The molecule has 0 aliphatic heterocycles. The molecule has 17 heavy (non-hydrogen) atoms. The minimum absolute atomic E-state index is 0.573. The third-order valence-electron chi connectivity index (χ3n) is 2.70. The number of aryl methyl sites for hydroxylation is 1. The fraction of sp³-hybridized carbons (Fsp3) is 0.231. The molecule has 0 saturated carbocycles.